The van der Waals surface area contributed by atoms with Crippen LogP contribution < -0.4 is 4.90 Å². The molecule has 2 aliphatic heterocycles. The molecule has 2 saturated heterocycles. The van der Waals surface area contributed by atoms with Crippen LogP contribution >= 0.6 is 11.3 Å². The van der Waals surface area contributed by atoms with Crippen molar-refractivity contribution in [3.05, 3.63) is 46.5 Å². The number of anilines is 1. The Hall–Kier alpha value is -2.43. The summed E-state index contributed by atoms with van der Waals surface area (Å²) >= 11 is 1.55. The Morgan fingerprint density at radius 3 is 2.93 bits per heavy atom. The second-order valence-corrected chi connectivity index (χ2v) is 7.75. The number of morpholine rings is 1. The van der Waals surface area contributed by atoms with E-state index in [0.717, 1.165) is 23.8 Å². The van der Waals surface area contributed by atoms with Crippen LogP contribution in [0.4, 0.5) is 5.13 Å². The van der Waals surface area contributed by atoms with Gasteiger partial charge in [-0.15, -0.1) is 11.3 Å². The smallest absolute Gasteiger partial charge is 0.273 e. The molecule has 4 rings (SSSR count). The van der Waals surface area contributed by atoms with Crippen molar-refractivity contribution in [2.75, 3.05) is 37.7 Å². The summed E-state index contributed by atoms with van der Waals surface area (Å²) in [5, 5.41) is 11.9. The Balaban J connectivity index is 1.45. The van der Waals surface area contributed by atoms with E-state index in [0.29, 0.717) is 31.0 Å². The highest BCUT2D eigenvalue weighted by Crippen LogP contribution is 2.27. The highest BCUT2D eigenvalue weighted by atomic mass is 32.1. The number of ether oxygens (including phenoxy) is 1. The average molecular weight is 382 g/mol. The van der Waals surface area contributed by atoms with Crippen LogP contribution in [-0.2, 0) is 4.74 Å². The first-order valence-corrected chi connectivity index (χ1v) is 10.2. The Morgan fingerprint density at radius 1 is 1.26 bits per heavy atom. The Morgan fingerprint density at radius 2 is 2.11 bits per heavy atom. The molecular formula is C20H22N4O2S. The van der Waals surface area contributed by atoms with Crippen LogP contribution in [0.15, 0.2) is 29.6 Å². The molecule has 1 aromatic carbocycles. The third-order valence-corrected chi connectivity index (χ3v) is 5.98. The van der Waals surface area contributed by atoms with Crippen molar-refractivity contribution in [3.63, 3.8) is 0 Å². The predicted octanol–water partition coefficient (Wildman–Crippen LogP) is 3.22. The lowest BCUT2D eigenvalue weighted by atomic mass is 10.0. The first kappa shape index (κ1) is 18.0. The fraction of sp³-hybridized carbons (Fsp3) is 0.450. The molecule has 6 nitrogen and oxygen atoms in total. The van der Waals surface area contributed by atoms with E-state index in [1.54, 1.807) is 17.4 Å². The molecule has 2 aliphatic rings. The van der Waals surface area contributed by atoms with Gasteiger partial charge in [-0.05, 0) is 37.0 Å². The lowest BCUT2D eigenvalue weighted by Gasteiger charge is -2.33. The summed E-state index contributed by atoms with van der Waals surface area (Å²) < 4.78 is 5.85. The summed E-state index contributed by atoms with van der Waals surface area (Å²) in [4.78, 5) is 21.6. The molecule has 0 aliphatic carbocycles. The van der Waals surface area contributed by atoms with Gasteiger partial charge in [0.2, 0.25) is 0 Å². The summed E-state index contributed by atoms with van der Waals surface area (Å²) in [6.07, 6.45) is 3.44. The van der Waals surface area contributed by atoms with Crippen LogP contribution in [0.3, 0.4) is 0 Å². The van der Waals surface area contributed by atoms with Gasteiger partial charge < -0.3 is 14.5 Å². The molecular weight excluding hydrogens is 360 g/mol. The minimum atomic E-state index is -0.212. The molecule has 1 unspecified atom stereocenters. The molecule has 0 bridgehead atoms. The predicted molar refractivity (Wildman–Crippen MR) is 104 cm³/mol. The zero-order valence-corrected chi connectivity index (χ0v) is 16.0. The number of benzene rings is 1. The van der Waals surface area contributed by atoms with Crippen molar-refractivity contribution in [1.82, 2.24) is 9.88 Å². The van der Waals surface area contributed by atoms with Crippen LogP contribution in [0.1, 0.15) is 47.0 Å². The number of nitriles is 1. The van der Waals surface area contributed by atoms with Gasteiger partial charge in [0.1, 0.15) is 11.8 Å². The van der Waals surface area contributed by atoms with E-state index in [1.807, 2.05) is 28.5 Å². The second kappa shape index (κ2) is 8.07. The van der Waals surface area contributed by atoms with Gasteiger partial charge in [-0.3, -0.25) is 4.79 Å². The van der Waals surface area contributed by atoms with E-state index >= 15 is 0 Å². The van der Waals surface area contributed by atoms with Gasteiger partial charge in [-0.2, -0.15) is 5.26 Å². The second-order valence-electron chi connectivity index (χ2n) is 6.91. The van der Waals surface area contributed by atoms with Crippen molar-refractivity contribution in [2.45, 2.75) is 25.4 Å². The third kappa shape index (κ3) is 3.97. The molecule has 7 heteroatoms. The van der Waals surface area contributed by atoms with Crippen molar-refractivity contribution < 1.29 is 9.53 Å². The molecule has 2 aromatic rings. The fourth-order valence-corrected chi connectivity index (χ4v) is 4.45. The zero-order valence-electron chi connectivity index (χ0n) is 15.1. The number of hydrogen-bond acceptors (Lipinski definition) is 6. The van der Waals surface area contributed by atoms with E-state index in [2.05, 4.69) is 16.0 Å². The first-order chi connectivity index (χ1) is 13.2. The number of amides is 1. The zero-order chi connectivity index (χ0) is 18.6. The molecule has 0 N–H and O–H groups in total. The van der Waals surface area contributed by atoms with E-state index < -0.39 is 0 Å². The lowest BCUT2D eigenvalue weighted by Crippen LogP contribution is -2.42. The van der Waals surface area contributed by atoms with Gasteiger partial charge in [-0.1, -0.05) is 12.1 Å². The maximum absolute atomic E-state index is 12.9. The normalized spacial score (nSPS) is 20.3. The molecule has 1 atom stereocenters. The maximum Gasteiger partial charge on any atom is 0.273 e. The summed E-state index contributed by atoms with van der Waals surface area (Å²) in [7, 11) is 0. The molecule has 27 heavy (non-hydrogen) atoms. The topological polar surface area (TPSA) is 69.5 Å². The number of aromatic nitrogens is 1. The number of carbonyl (C=O) groups is 1. The number of thiazole rings is 1. The number of nitrogens with zero attached hydrogens (tertiary/aromatic N) is 4. The minimum Gasteiger partial charge on any atom is -0.370 e. The SMILES string of the molecule is N#Cc1cccc(C2CN(C(=O)c3csc(N4CCCCC4)n3)CCO2)c1. The van der Waals surface area contributed by atoms with Gasteiger partial charge in [0.25, 0.3) is 5.91 Å². The van der Waals surface area contributed by atoms with Crippen molar-refractivity contribution >= 4 is 22.4 Å². The summed E-state index contributed by atoms with van der Waals surface area (Å²) in [6, 6.07) is 9.54. The largest absolute Gasteiger partial charge is 0.370 e. The highest BCUT2D eigenvalue weighted by molar-refractivity contribution is 7.13. The van der Waals surface area contributed by atoms with Crippen LogP contribution in [-0.4, -0.2) is 48.6 Å². The molecule has 2 fully saturated rings. The number of rotatable bonds is 3. The van der Waals surface area contributed by atoms with Gasteiger partial charge in [0.05, 0.1) is 24.8 Å². The first-order valence-electron chi connectivity index (χ1n) is 9.36. The number of hydrogen-bond donors (Lipinski definition) is 0. The van der Waals surface area contributed by atoms with E-state index in [4.69, 9.17) is 10.00 Å². The van der Waals surface area contributed by atoms with Gasteiger partial charge >= 0.3 is 0 Å². The Bertz CT molecular complexity index is 854. The molecule has 1 amide bonds. The minimum absolute atomic E-state index is 0.0424. The maximum atomic E-state index is 12.9. The van der Waals surface area contributed by atoms with Gasteiger partial charge in [0.15, 0.2) is 5.13 Å². The highest BCUT2D eigenvalue weighted by Gasteiger charge is 2.28. The van der Waals surface area contributed by atoms with Crippen molar-refractivity contribution in [2.24, 2.45) is 0 Å². The van der Waals surface area contributed by atoms with Crippen LogP contribution in [0.25, 0.3) is 0 Å². The molecule has 0 radical (unpaired) electrons. The Kier molecular flexibility index (Phi) is 5.37. The average Bonchev–Trinajstić information content (AvgIpc) is 3.24. The summed E-state index contributed by atoms with van der Waals surface area (Å²) in [6.45, 7) is 3.57. The lowest BCUT2D eigenvalue weighted by molar-refractivity contribution is -0.0229. The fourth-order valence-electron chi connectivity index (χ4n) is 3.60. The quantitative estimate of drug-likeness (QED) is 0.815. The molecule has 1 aromatic heterocycles. The molecule has 140 valence electrons. The molecule has 3 heterocycles. The standard InChI is InChI=1S/C20H22N4O2S/c21-12-15-5-4-6-16(11-15)18-13-24(9-10-26-18)19(25)17-14-27-20(22-17)23-7-2-1-3-8-23/h4-6,11,14,18H,1-3,7-10,13H2. The number of piperidine rings is 1. The summed E-state index contributed by atoms with van der Waals surface area (Å²) in [5.41, 5.74) is 2.05. The third-order valence-electron chi connectivity index (χ3n) is 5.08. The van der Waals surface area contributed by atoms with Gasteiger partial charge in [-0.25, -0.2) is 4.98 Å². The number of carbonyl (C=O) groups excluding carboxylic acids is 1. The van der Waals surface area contributed by atoms with Gasteiger partial charge in [0, 0.05) is 25.0 Å². The van der Waals surface area contributed by atoms with E-state index in [9.17, 15) is 4.79 Å². The van der Waals surface area contributed by atoms with Crippen LogP contribution in [0.2, 0.25) is 0 Å². The molecule has 0 saturated carbocycles. The van der Waals surface area contributed by atoms with Crippen LogP contribution in [0, 0.1) is 11.3 Å². The van der Waals surface area contributed by atoms with Crippen LogP contribution in [0.5, 0.6) is 0 Å². The van der Waals surface area contributed by atoms with Crippen molar-refractivity contribution in [1.29, 1.82) is 5.26 Å². The monoisotopic (exact) mass is 382 g/mol. The summed E-state index contributed by atoms with van der Waals surface area (Å²) in [5.74, 6) is -0.0424. The molecule has 0 spiro atoms. The van der Waals surface area contributed by atoms with Crippen molar-refractivity contribution in [3.8, 4) is 6.07 Å². The van der Waals surface area contributed by atoms with E-state index in [1.165, 1.54) is 19.3 Å². The van der Waals surface area contributed by atoms with E-state index in [-0.39, 0.29) is 12.0 Å². The Labute approximate surface area is 163 Å².